The van der Waals surface area contributed by atoms with Crippen LogP contribution in [0.2, 0.25) is 0 Å². The van der Waals surface area contributed by atoms with E-state index < -0.39 is 53.4 Å². The van der Waals surface area contributed by atoms with Crippen LogP contribution >= 0.6 is 11.3 Å². The SMILES string of the molecule is O=C(Cc1cccc(C(F)(F)F)c1NC(=O)C(F)F)C(=O)Nc1nccs1. The van der Waals surface area contributed by atoms with Gasteiger partial charge in [-0.15, -0.1) is 11.3 Å². The third-order valence-electron chi connectivity index (χ3n) is 3.16. The van der Waals surface area contributed by atoms with Gasteiger partial charge in [-0.3, -0.25) is 19.7 Å². The van der Waals surface area contributed by atoms with E-state index in [1.54, 1.807) is 0 Å². The van der Waals surface area contributed by atoms with Crippen molar-refractivity contribution in [2.45, 2.75) is 19.0 Å². The minimum atomic E-state index is -4.98. The molecule has 2 N–H and O–H groups in total. The van der Waals surface area contributed by atoms with Gasteiger partial charge in [-0.1, -0.05) is 12.1 Å². The van der Waals surface area contributed by atoms with Gasteiger partial charge >= 0.3 is 12.6 Å². The maximum atomic E-state index is 13.1. The van der Waals surface area contributed by atoms with E-state index in [1.807, 2.05) is 0 Å². The fourth-order valence-electron chi connectivity index (χ4n) is 2.01. The molecule has 2 amide bonds. The van der Waals surface area contributed by atoms with E-state index in [0.29, 0.717) is 6.07 Å². The normalized spacial score (nSPS) is 11.3. The molecule has 0 spiro atoms. The molecule has 0 aliphatic rings. The Bertz CT molecular complexity index is 853. The van der Waals surface area contributed by atoms with Crippen molar-refractivity contribution in [2.75, 3.05) is 10.6 Å². The molecule has 0 aliphatic carbocycles. The Balaban J connectivity index is 2.30. The summed E-state index contributed by atoms with van der Waals surface area (Å²) in [7, 11) is 0. The molecule has 2 aromatic rings. The predicted molar refractivity (Wildman–Crippen MR) is 85.5 cm³/mol. The molecule has 1 heterocycles. The standard InChI is InChI=1S/C15H10F5N3O3S/c16-11(17)13(26)22-10-7(2-1-3-8(10)15(18,19)20)6-9(24)12(25)23-14-21-4-5-27-14/h1-5,11H,6H2,(H,22,26)(H,21,23,25). The van der Waals surface area contributed by atoms with Crippen molar-refractivity contribution in [1.82, 2.24) is 4.98 Å². The Morgan fingerprint density at radius 1 is 1.15 bits per heavy atom. The first kappa shape index (κ1) is 20.4. The number of carbonyl (C=O) groups excluding carboxylic acids is 3. The van der Waals surface area contributed by atoms with Crippen LogP contribution in [-0.4, -0.2) is 29.0 Å². The smallest absolute Gasteiger partial charge is 0.320 e. The molecule has 0 aliphatic heterocycles. The average Bonchev–Trinajstić information content (AvgIpc) is 3.07. The van der Waals surface area contributed by atoms with Gasteiger partial charge < -0.3 is 5.32 Å². The Morgan fingerprint density at radius 3 is 2.41 bits per heavy atom. The minimum Gasteiger partial charge on any atom is -0.320 e. The zero-order chi connectivity index (χ0) is 20.2. The van der Waals surface area contributed by atoms with Gasteiger partial charge in [-0.05, 0) is 11.6 Å². The molecule has 1 aromatic heterocycles. The summed E-state index contributed by atoms with van der Waals surface area (Å²) in [5, 5.41) is 5.25. The highest BCUT2D eigenvalue weighted by atomic mass is 32.1. The van der Waals surface area contributed by atoms with Crippen LogP contribution in [0.1, 0.15) is 11.1 Å². The van der Waals surface area contributed by atoms with Crippen LogP contribution in [-0.2, 0) is 27.0 Å². The van der Waals surface area contributed by atoms with Gasteiger partial charge in [-0.25, -0.2) is 4.98 Å². The topological polar surface area (TPSA) is 88.2 Å². The fraction of sp³-hybridized carbons (Fsp3) is 0.200. The van der Waals surface area contributed by atoms with E-state index in [2.05, 4.69) is 10.3 Å². The number of ketones is 1. The first-order valence-corrected chi connectivity index (χ1v) is 7.99. The van der Waals surface area contributed by atoms with Crippen molar-refractivity contribution in [3.05, 3.63) is 40.9 Å². The third-order valence-corrected chi connectivity index (χ3v) is 3.85. The molecule has 6 nitrogen and oxygen atoms in total. The van der Waals surface area contributed by atoms with Crippen molar-refractivity contribution in [2.24, 2.45) is 0 Å². The number of anilines is 2. The Kier molecular flexibility index (Phi) is 6.20. The summed E-state index contributed by atoms with van der Waals surface area (Å²) in [5.41, 5.74) is -2.84. The summed E-state index contributed by atoms with van der Waals surface area (Å²) in [6, 6.07) is 2.51. The number of nitrogens with one attached hydrogen (secondary N) is 2. The monoisotopic (exact) mass is 407 g/mol. The number of para-hydroxylation sites is 1. The number of halogens is 5. The molecular weight excluding hydrogens is 397 g/mol. The van der Waals surface area contributed by atoms with Crippen molar-refractivity contribution in [1.29, 1.82) is 0 Å². The summed E-state index contributed by atoms with van der Waals surface area (Å²) >= 11 is 1.01. The summed E-state index contributed by atoms with van der Waals surface area (Å²) in [6.45, 7) is 0. The number of amides is 2. The molecule has 0 saturated heterocycles. The molecule has 0 bridgehead atoms. The Labute approximate surface area is 152 Å². The second-order valence-corrected chi connectivity index (χ2v) is 5.91. The number of hydrogen-bond donors (Lipinski definition) is 2. The lowest BCUT2D eigenvalue weighted by Crippen LogP contribution is -2.27. The molecule has 27 heavy (non-hydrogen) atoms. The highest BCUT2D eigenvalue weighted by Crippen LogP contribution is 2.37. The molecule has 0 unspecified atom stereocenters. The number of rotatable bonds is 6. The lowest BCUT2D eigenvalue weighted by molar-refractivity contribution is -0.137. The van der Waals surface area contributed by atoms with E-state index in [4.69, 9.17) is 0 Å². The van der Waals surface area contributed by atoms with E-state index in [-0.39, 0.29) is 5.13 Å². The summed E-state index contributed by atoms with van der Waals surface area (Å²) in [4.78, 5) is 38.7. The molecule has 0 saturated carbocycles. The Hall–Kier alpha value is -2.89. The molecule has 0 atom stereocenters. The van der Waals surface area contributed by atoms with Gasteiger partial charge in [0.2, 0.25) is 5.78 Å². The number of hydrogen-bond acceptors (Lipinski definition) is 5. The van der Waals surface area contributed by atoms with Gasteiger partial charge in [0.1, 0.15) is 0 Å². The number of benzene rings is 1. The largest absolute Gasteiger partial charge is 0.418 e. The molecule has 144 valence electrons. The van der Waals surface area contributed by atoms with Crippen molar-refractivity contribution < 1.29 is 36.3 Å². The van der Waals surface area contributed by atoms with Crippen LogP contribution in [0.4, 0.5) is 32.8 Å². The molecule has 1 aromatic carbocycles. The summed E-state index contributed by atoms with van der Waals surface area (Å²) in [6.07, 6.45) is -8.04. The van der Waals surface area contributed by atoms with Crippen molar-refractivity contribution in [3.8, 4) is 0 Å². The molecule has 0 fully saturated rings. The lowest BCUT2D eigenvalue weighted by atomic mass is 10.0. The number of aromatic nitrogens is 1. The van der Waals surface area contributed by atoms with Gasteiger partial charge in [-0.2, -0.15) is 22.0 Å². The molecular formula is C15H10F5N3O3S. The number of thiazole rings is 1. The first-order chi connectivity index (χ1) is 12.6. The van der Waals surface area contributed by atoms with Crippen molar-refractivity contribution >= 4 is 39.8 Å². The van der Waals surface area contributed by atoms with E-state index >= 15 is 0 Å². The Morgan fingerprint density at radius 2 is 1.85 bits per heavy atom. The number of carbonyl (C=O) groups is 3. The zero-order valence-corrected chi connectivity index (χ0v) is 14.0. The highest BCUT2D eigenvalue weighted by molar-refractivity contribution is 7.13. The summed E-state index contributed by atoms with van der Waals surface area (Å²) in [5.74, 6) is -4.25. The van der Waals surface area contributed by atoms with Crippen LogP contribution in [0.25, 0.3) is 0 Å². The predicted octanol–water partition coefficient (Wildman–Crippen LogP) is 3.12. The highest BCUT2D eigenvalue weighted by Gasteiger charge is 2.36. The third kappa shape index (κ3) is 5.29. The van der Waals surface area contributed by atoms with Crippen LogP contribution in [0.3, 0.4) is 0 Å². The minimum absolute atomic E-state index is 0.101. The van der Waals surface area contributed by atoms with Gasteiger partial charge in [0, 0.05) is 18.0 Å². The second-order valence-electron chi connectivity index (χ2n) is 5.02. The van der Waals surface area contributed by atoms with E-state index in [0.717, 1.165) is 23.5 Å². The number of nitrogens with zero attached hydrogens (tertiary/aromatic N) is 1. The molecule has 12 heteroatoms. The second kappa shape index (κ2) is 8.20. The quantitative estimate of drug-likeness (QED) is 0.569. The lowest BCUT2D eigenvalue weighted by Gasteiger charge is -2.17. The van der Waals surface area contributed by atoms with Crippen LogP contribution in [0.5, 0.6) is 0 Å². The first-order valence-electron chi connectivity index (χ1n) is 7.11. The average molecular weight is 407 g/mol. The van der Waals surface area contributed by atoms with Crippen molar-refractivity contribution in [3.63, 3.8) is 0 Å². The van der Waals surface area contributed by atoms with Crippen LogP contribution in [0.15, 0.2) is 29.8 Å². The van der Waals surface area contributed by atoms with E-state index in [1.165, 1.54) is 16.9 Å². The maximum Gasteiger partial charge on any atom is 0.418 e. The molecule has 2 rings (SSSR count). The zero-order valence-electron chi connectivity index (χ0n) is 13.1. The van der Waals surface area contributed by atoms with E-state index in [9.17, 15) is 36.3 Å². The van der Waals surface area contributed by atoms with Crippen LogP contribution in [0, 0.1) is 0 Å². The fourth-order valence-corrected chi connectivity index (χ4v) is 2.54. The van der Waals surface area contributed by atoms with Gasteiger partial charge in [0.15, 0.2) is 5.13 Å². The van der Waals surface area contributed by atoms with Crippen LogP contribution < -0.4 is 10.6 Å². The maximum absolute atomic E-state index is 13.1. The van der Waals surface area contributed by atoms with Gasteiger partial charge in [0.05, 0.1) is 11.3 Å². The molecule has 0 radical (unpaired) electrons. The van der Waals surface area contributed by atoms with Gasteiger partial charge in [0.25, 0.3) is 11.8 Å². The number of Topliss-reactive ketones (excluding diaryl/α,β-unsaturated/α-hetero) is 1. The number of alkyl halides is 5. The summed E-state index contributed by atoms with van der Waals surface area (Å²) < 4.78 is 64.2.